The predicted molar refractivity (Wildman–Crippen MR) is 85.1 cm³/mol. The lowest BCUT2D eigenvalue weighted by Gasteiger charge is -2.26. The zero-order valence-electron chi connectivity index (χ0n) is 11.8. The van der Waals surface area contributed by atoms with Gasteiger partial charge < -0.3 is 10.0 Å². The second kappa shape index (κ2) is 7.31. The molecule has 0 aliphatic rings. The fraction of sp³-hybridized carbons (Fsp3) is 0.188. The SMILES string of the molecule is NC(N)=[NH+]C[C@H](O)CN(c1ccccc1)c1ccccc1. The Bertz CT molecular complexity index is 528. The van der Waals surface area contributed by atoms with Crippen molar-refractivity contribution in [3.8, 4) is 0 Å². The van der Waals surface area contributed by atoms with E-state index in [9.17, 15) is 5.11 Å². The van der Waals surface area contributed by atoms with Crippen LogP contribution in [0, 0.1) is 0 Å². The number of anilines is 2. The molecule has 2 aromatic rings. The molecule has 5 nitrogen and oxygen atoms in total. The number of hydrogen-bond donors (Lipinski definition) is 4. The van der Waals surface area contributed by atoms with Crippen LogP contribution in [0.5, 0.6) is 0 Å². The van der Waals surface area contributed by atoms with Gasteiger partial charge in [-0.3, -0.25) is 16.5 Å². The van der Waals surface area contributed by atoms with Crippen molar-refractivity contribution in [3.05, 3.63) is 60.7 Å². The lowest BCUT2D eigenvalue weighted by Crippen LogP contribution is -2.80. The Labute approximate surface area is 124 Å². The number of nitrogens with one attached hydrogen (secondary N) is 1. The van der Waals surface area contributed by atoms with Crippen LogP contribution >= 0.6 is 0 Å². The third-order valence-electron chi connectivity index (χ3n) is 3.07. The van der Waals surface area contributed by atoms with E-state index in [0.29, 0.717) is 13.1 Å². The minimum absolute atomic E-state index is 0.111. The third-order valence-corrected chi connectivity index (χ3v) is 3.07. The summed E-state index contributed by atoms with van der Waals surface area (Å²) < 4.78 is 0. The van der Waals surface area contributed by atoms with Gasteiger partial charge in [-0.2, -0.15) is 0 Å². The first-order valence-electron chi connectivity index (χ1n) is 6.84. The lowest BCUT2D eigenvalue weighted by molar-refractivity contribution is -0.470. The van der Waals surface area contributed by atoms with Crippen molar-refractivity contribution in [2.45, 2.75) is 6.10 Å². The largest absolute Gasteiger partial charge is 0.388 e. The molecular weight excluding hydrogens is 264 g/mol. The van der Waals surface area contributed by atoms with Crippen LogP contribution in [0.15, 0.2) is 60.7 Å². The number of aliphatic hydroxyl groups excluding tert-OH is 1. The van der Waals surface area contributed by atoms with Gasteiger partial charge in [-0.05, 0) is 24.3 Å². The summed E-state index contributed by atoms with van der Waals surface area (Å²) in [5.74, 6) is 0.111. The summed E-state index contributed by atoms with van der Waals surface area (Å²) in [7, 11) is 0. The number of hydrogen-bond acceptors (Lipinski definition) is 2. The quantitative estimate of drug-likeness (QED) is 0.427. The molecule has 2 rings (SSSR count). The van der Waals surface area contributed by atoms with Crippen molar-refractivity contribution in [2.75, 3.05) is 18.0 Å². The van der Waals surface area contributed by atoms with E-state index in [-0.39, 0.29) is 5.96 Å². The Balaban J connectivity index is 2.19. The topological polar surface area (TPSA) is 89.5 Å². The molecule has 0 heterocycles. The van der Waals surface area contributed by atoms with Gasteiger partial charge in [0.05, 0.1) is 13.1 Å². The molecule has 0 radical (unpaired) electrons. The van der Waals surface area contributed by atoms with E-state index in [1.54, 1.807) is 0 Å². The van der Waals surface area contributed by atoms with E-state index >= 15 is 0 Å². The molecule has 0 spiro atoms. The maximum atomic E-state index is 10.2. The summed E-state index contributed by atoms with van der Waals surface area (Å²) in [4.78, 5) is 4.80. The molecule has 6 N–H and O–H groups in total. The maximum absolute atomic E-state index is 10.2. The Morgan fingerprint density at radius 1 is 0.952 bits per heavy atom. The first-order chi connectivity index (χ1) is 10.2. The van der Waals surface area contributed by atoms with Gasteiger partial charge in [0.2, 0.25) is 0 Å². The molecule has 0 saturated heterocycles. The summed E-state index contributed by atoms with van der Waals surface area (Å²) >= 11 is 0. The predicted octanol–water partition coefficient (Wildman–Crippen LogP) is -0.460. The zero-order chi connectivity index (χ0) is 15.1. The highest BCUT2D eigenvalue weighted by Gasteiger charge is 2.14. The molecule has 21 heavy (non-hydrogen) atoms. The lowest BCUT2D eigenvalue weighted by atomic mass is 10.2. The molecular formula is C16H21N4O+. The van der Waals surface area contributed by atoms with Gasteiger partial charge >= 0.3 is 5.96 Å². The number of guanidine groups is 1. The van der Waals surface area contributed by atoms with Crippen molar-refractivity contribution < 1.29 is 10.1 Å². The van der Waals surface area contributed by atoms with E-state index in [2.05, 4.69) is 9.89 Å². The minimum Gasteiger partial charge on any atom is -0.388 e. The maximum Gasteiger partial charge on any atom is 0.338 e. The van der Waals surface area contributed by atoms with Crippen molar-refractivity contribution in [3.63, 3.8) is 0 Å². The van der Waals surface area contributed by atoms with E-state index in [0.717, 1.165) is 11.4 Å². The van der Waals surface area contributed by atoms with Crippen molar-refractivity contribution in [1.82, 2.24) is 0 Å². The van der Waals surface area contributed by atoms with Crippen molar-refractivity contribution in [2.24, 2.45) is 11.5 Å². The molecule has 0 unspecified atom stereocenters. The zero-order valence-corrected chi connectivity index (χ0v) is 11.8. The first-order valence-corrected chi connectivity index (χ1v) is 6.84. The van der Waals surface area contributed by atoms with Gasteiger partial charge in [-0.1, -0.05) is 36.4 Å². The highest BCUT2D eigenvalue weighted by atomic mass is 16.3. The number of nitrogens with zero attached hydrogens (tertiary/aromatic N) is 1. The molecule has 0 bridgehead atoms. The molecule has 0 saturated carbocycles. The summed E-state index contributed by atoms with van der Waals surface area (Å²) in [6.07, 6.45) is -0.604. The highest BCUT2D eigenvalue weighted by molar-refractivity contribution is 5.69. The van der Waals surface area contributed by atoms with Crippen molar-refractivity contribution >= 4 is 17.3 Å². The van der Waals surface area contributed by atoms with Crippen LogP contribution in [0.2, 0.25) is 0 Å². The molecule has 110 valence electrons. The van der Waals surface area contributed by atoms with Crippen LogP contribution in [0.25, 0.3) is 0 Å². The molecule has 2 aromatic carbocycles. The third kappa shape index (κ3) is 4.50. The Morgan fingerprint density at radius 3 is 1.86 bits per heavy atom. The molecule has 1 atom stereocenters. The van der Waals surface area contributed by atoms with Gasteiger partial charge in [0.25, 0.3) is 0 Å². The molecule has 0 aliphatic carbocycles. The average molecular weight is 285 g/mol. The van der Waals surface area contributed by atoms with Crippen molar-refractivity contribution in [1.29, 1.82) is 0 Å². The van der Waals surface area contributed by atoms with Gasteiger partial charge in [0.1, 0.15) is 6.10 Å². The molecule has 0 amide bonds. The molecule has 0 fully saturated rings. The van der Waals surface area contributed by atoms with Crippen LogP contribution in [0.3, 0.4) is 0 Å². The van der Waals surface area contributed by atoms with Gasteiger partial charge in [0.15, 0.2) is 0 Å². The monoisotopic (exact) mass is 285 g/mol. The minimum atomic E-state index is -0.604. The first kappa shape index (κ1) is 14.9. The summed E-state index contributed by atoms with van der Waals surface area (Å²) in [6.45, 7) is 0.743. The highest BCUT2D eigenvalue weighted by Crippen LogP contribution is 2.24. The van der Waals surface area contributed by atoms with Gasteiger partial charge in [-0.25, -0.2) is 0 Å². The fourth-order valence-corrected chi connectivity index (χ4v) is 2.09. The Kier molecular flexibility index (Phi) is 5.17. The second-order valence-corrected chi connectivity index (χ2v) is 4.77. The fourth-order valence-electron chi connectivity index (χ4n) is 2.09. The Hall–Kier alpha value is -2.53. The normalized spacial score (nSPS) is 11.7. The molecule has 0 aliphatic heterocycles. The van der Waals surface area contributed by atoms with E-state index in [1.165, 1.54) is 0 Å². The number of aliphatic hydroxyl groups is 1. The van der Waals surface area contributed by atoms with E-state index in [1.807, 2.05) is 60.7 Å². The van der Waals surface area contributed by atoms with Crippen LogP contribution in [0.1, 0.15) is 0 Å². The summed E-state index contributed by atoms with van der Waals surface area (Å²) in [5.41, 5.74) is 12.7. The van der Waals surface area contributed by atoms with E-state index in [4.69, 9.17) is 11.5 Å². The summed E-state index contributed by atoms with van der Waals surface area (Å²) in [6, 6.07) is 19.9. The number of rotatable bonds is 6. The number of para-hydroxylation sites is 2. The van der Waals surface area contributed by atoms with Gasteiger partial charge in [0, 0.05) is 11.4 Å². The Morgan fingerprint density at radius 2 is 1.43 bits per heavy atom. The molecule has 5 heteroatoms. The van der Waals surface area contributed by atoms with Crippen LogP contribution in [0.4, 0.5) is 11.4 Å². The van der Waals surface area contributed by atoms with E-state index < -0.39 is 6.10 Å². The van der Waals surface area contributed by atoms with Crippen LogP contribution in [-0.2, 0) is 0 Å². The number of nitrogens with two attached hydrogens (primary N) is 2. The average Bonchev–Trinajstić information content (AvgIpc) is 2.52. The summed E-state index contributed by atoms with van der Waals surface area (Å²) in [5, 5.41) is 10.2. The van der Waals surface area contributed by atoms with Crippen LogP contribution in [-0.4, -0.2) is 30.3 Å². The second-order valence-electron chi connectivity index (χ2n) is 4.77. The standard InChI is InChI=1S/C16H20N4O/c17-16(18)19-11-15(21)12-20(13-7-3-1-4-8-13)14-9-5-2-6-10-14/h1-10,15,21H,11-12H2,(H4,17,18,19)/p+1/t15-/m0/s1. The van der Waals surface area contributed by atoms with Gasteiger partial charge in [-0.15, -0.1) is 0 Å². The molecule has 0 aromatic heterocycles. The van der Waals surface area contributed by atoms with Crippen LogP contribution < -0.4 is 21.4 Å². The number of benzene rings is 2. The smallest absolute Gasteiger partial charge is 0.338 e.